The number of rotatable bonds is 3. The van der Waals surface area contributed by atoms with Crippen molar-refractivity contribution < 1.29 is 0 Å². The Bertz CT molecular complexity index is 324. The lowest BCUT2D eigenvalue weighted by atomic mass is 10.00. The molecule has 0 atom stereocenters. The highest BCUT2D eigenvalue weighted by Crippen LogP contribution is 2.34. The molecule has 0 bridgehead atoms. The van der Waals surface area contributed by atoms with Gasteiger partial charge in [0.15, 0.2) is 0 Å². The molecule has 0 amide bonds. The van der Waals surface area contributed by atoms with Gasteiger partial charge < -0.3 is 5.32 Å². The maximum Gasteiger partial charge on any atom is 0.0932 e. The highest BCUT2D eigenvalue weighted by Gasteiger charge is 2.22. The van der Waals surface area contributed by atoms with Gasteiger partial charge >= 0.3 is 0 Å². The molecule has 0 aromatic carbocycles. The van der Waals surface area contributed by atoms with Crippen LogP contribution < -0.4 is 5.32 Å². The van der Waals surface area contributed by atoms with E-state index in [1.165, 1.54) is 55.9 Å². The molecule has 0 unspecified atom stereocenters. The molecular formula is C12H18N2S. The average molecular weight is 222 g/mol. The molecule has 1 saturated carbocycles. The van der Waals surface area contributed by atoms with Crippen molar-refractivity contribution in [2.75, 3.05) is 13.1 Å². The van der Waals surface area contributed by atoms with E-state index in [4.69, 9.17) is 4.98 Å². The highest BCUT2D eigenvalue weighted by atomic mass is 32.1. The molecule has 2 aliphatic rings. The molecule has 15 heavy (non-hydrogen) atoms. The number of thiazole rings is 1. The van der Waals surface area contributed by atoms with Crippen LogP contribution in [0.5, 0.6) is 0 Å². The molecule has 2 fully saturated rings. The SMILES string of the molecule is c1sc(CC2CNC2)nc1C1CCCC1. The topological polar surface area (TPSA) is 24.9 Å². The third-order valence-electron chi connectivity index (χ3n) is 3.67. The van der Waals surface area contributed by atoms with Crippen molar-refractivity contribution in [3.05, 3.63) is 16.1 Å². The van der Waals surface area contributed by atoms with Gasteiger partial charge in [-0.15, -0.1) is 11.3 Å². The van der Waals surface area contributed by atoms with Crippen molar-refractivity contribution in [2.24, 2.45) is 5.92 Å². The second kappa shape index (κ2) is 4.22. The number of nitrogens with zero attached hydrogens (tertiary/aromatic N) is 1. The van der Waals surface area contributed by atoms with Gasteiger partial charge in [0.1, 0.15) is 0 Å². The van der Waals surface area contributed by atoms with Crippen LogP contribution in [0.2, 0.25) is 0 Å². The van der Waals surface area contributed by atoms with Gasteiger partial charge in [0.05, 0.1) is 10.7 Å². The van der Waals surface area contributed by atoms with Crippen LogP contribution in [0, 0.1) is 5.92 Å². The largest absolute Gasteiger partial charge is 0.316 e. The number of aromatic nitrogens is 1. The fourth-order valence-electron chi connectivity index (χ4n) is 2.57. The molecule has 1 aromatic heterocycles. The Balaban J connectivity index is 1.64. The number of nitrogens with one attached hydrogen (secondary N) is 1. The van der Waals surface area contributed by atoms with Crippen LogP contribution in [0.4, 0.5) is 0 Å². The second-order valence-corrected chi connectivity index (χ2v) is 5.82. The van der Waals surface area contributed by atoms with Crippen LogP contribution in [0.25, 0.3) is 0 Å². The summed E-state index contributed by atoms with van der Waals surface area (Å²) in [5, 5.41) is 6.99. The average Bonchev–Trinajstić information content (AvgIpc) is 2.82. The zero-order chi connectivity index (χ0) is 10.1. The standard InChI is InChI=1S/C12H18N2S/c1-2-4-10(3-1)11-8-15-12(14-11)5-9-6-13-7-9/h8-10,13H,1-7H2. The molecular weight excluding hydrogens is 204 g/mol. The Hall–Kier alpha value is -0.410. The van der Waals surface area contributed by atoms with E-state index < -0.39 is 0 Å². The van der Waals surface area contributed by atoms with Crippen molar-refractivity contribution in [3.63, 3.8) is 0 Å². The fourth-order valence-corrected chi connectivity index (χ4v) is 3.56. The van der Waals surface area contributed by atoms with Gasteiger partial charge in [-0.1, -0.05) is 12.8 Å². The highest BCUT2D eigenvalue weighted by molar-refractivity contribution is 7.09. The van der Waals surface area contributed by atoms with Crippen LogP contribution in [0.15, 0.2) is 5.38 Å². The number of hydrogen-bond donors (Lipinski definition) is 1. The van der Waals surface area contributed by atoms with Crippen molar-refractivity contribution in [1.82, 2.24) is 10.3 Å². The summed E-state index contributed by atoms with van der Waals surface area (Å²) in [6.45, 7) is 2.39. The lowest BCUT2D eigenvalue weighted by Gasteiger charge is -2.25. The maximum atomic E-state index is 4.80. The molecule has 3 heteroatoms. The van der Waals surface area contributed by atoms with Gasteiger partial charge in [0.2, 0.25) is 0 Å². The number of hydrogen-bond acceptors (Lipinski definition) is 3. The van der Waals surface area contributed by atoms with Crippen LogP contribution in [0.3, 0.4) is 0 Å². The molecule has 1 aromatic rings. The molecule has 2 heterocycles. The minimum absolute atomic E-state index is 0.787. The maximum absolute atomic E-state index is 4.80. The molecule has 1 aliphatic carbocycles. The van der Waals surface area contributed by atoms with E-state index in [9.17, 15) is 0 Å². The molecule has 1 saturated heterocycles. The van der Waals surface area contributed by atoms with Crippen molar-refractivity contribution in [1.29, 1.82) is 0 Å². The second-order valence-electron chi connectivity index (χ2n) is 4.88. The minimum atomic E-state index is 0.787. The fraction of sp³-hybridized carbons (Fsp3) is 0.750. The third-order valence-corrected chi connectivity index (χ3v) is 4.56. The Labute approximate surface area is 95.1 Å². The Morgan fingerprint density at radius 3 is 2.80 bits per heavy atom. The summed E-state index contributed by atoms with van der Waals surface area (Å²) >= 11 is 1.88. The molecule has 0 radical (unpaired) electrons. The van der Waals surface area contributed by atoms with E-state index >= 15 is 0 Å². The quantitative estimate of drug-likeness (QED) is 0.850. The van der Waals surface area contributed by atoms with Crippen LogP contribution in [0.1, 0.15) is 42.3 Å². The smallest absolute Gasteiger partial charge is 0.0932 e. The van der Waals surface area contributed by atoms with Crippen LogP contribution >= 0.6 is 11.3 Å². The molecule has 2 nitrogen and oxygen atoms in total. The molecule has 1 N–H and O–H groups in total. The summed E-state index contributed by atoms with van der Waals surface area (Å²) in [6, 6.07) is 0. The zero-order valence-electron chi connectivity index (χ0n) is 9.04. The lowest BCUT2D eigenvalue weighted by molar-refractivity contribution is 0.346. The van der Waals surface area contributed by atoms with Gasteiger partial charge in [-0.05, 0) is 31.8 Å². The van der Waals surface area contributed by atoms with Gasteiger partial charge in [-0.3, -0.25) is 0 Å². The molecule has 0 spiro atoms. The van der Waals surface area contributed by atoms with E-state index in [0.717, 1.165) is 11.8 Å². The first-order valence-corrected chi connectivity index (χ1v) is 6.95. The predicted molar refractivity (Wildman–Crippen MR) is 63.4 cm³/mol. The van der Waals surface area contributed by atoms with E-state index in [1.807, 2.05) is 11.3 Å². The first kappa shape index (κ1) is 9.79. The van der Waals surface area contributed by atoms with Crippen molar-refractivity contribution in [2.45, 2.75) is 38.0 Å². The Morgan fingerprint density at radius 1 is 1.33 bits per heavy atom. The van der Waals surface area contributed by atoms with E-state index in [1.54, 1.807) is 0 Å². The predicted octanol–water partition coefficient (Wildman–Crippen LogP) is 2.56. The van der Waals surface area contributed by atoms with Crippen LogP contribution in [-0.4, -0.2) is 18.1 Å². The first-order chi connectivity index (χ1) is 7.42. The van der Waals surface area contributed by atoms with E-state index in [-0.39, 0.29) is 0 Å². The lowest BCUT2D eigenvalue weighted by Crippen LogP contribution is -2.43. The first-order valence-electron chi connectivity index (χ1n) is 6.07. The summed E-state index contributed by atoms with van der Waals surface area (Å²) in [7, 11) is 0. The van der Waals surface area contributed by atoms with Gasteiger partial charge in [0, 0.05) is 17.7 Å². The monoisotopic (exact) mass is 222 g/mol. The summed E-state index contributed by atoms with van der Waals surface area (Å²) in [6.07, 6.45) is 6.75. The minimum Gasteiger partial charge on any atom is -0.316 e. The zero-order valence-corrected chi connectivity index (χ0v) is 9.85. The summed E-state index contributed by atoms with van der Waals surface area (Å²) < 4.78 is 0. The van der Waals surface area contributed by atoms with Crippen LogP contribution in [-0.2, 0) is 6.42 Å². The summed E-state index contributed by atoms with van der Waals surface area (Å²) in [4.78, 5) is 4.80. The van der Waals surface area contributed by atoms with Crippen molar-refractivity contribution in [3.8, 4) is 0 Å². The van der Waals surface area contributed by atoms with E-state index in [2.05, 4.69) is 10.7 Å². The normalized spacial score (nSPS) is 23.2. The van der Waals surface area contributed by atoms with Gasteiger partial charge in [-0.25, -0.2) is 4.98 Å². The van der Waals surface area contributed by atoms with Gasteiger partial charge in [0.25, 0.3) is 0 Å². The summed E-state index contributed by atoms with van der Waals surface area (Å²) in [5.74, 6) is 1.64. The van der Waals surface area contributed by atoms with E-state index in [0.29, 0.717) is 0 Å². The molecule has 82 valence electrons. The third kappa shape index (κ3) is 2.08. The Kier molecular flexibility index (Phi) is 2.76. The molecule has 1 aliphatic heterocycles. The summed E-state index contributed by atoms with van der Waals surface area (Å²) in [5.41, 5.74) is 1.39. The molecule has 3 rings (SSSR count). The van der Waals surface area contributed by atoms with Crippen molar-refractivity contribution >= 4 is 11.3 Å². The Morgan fingerprint density at radius 2 is 2.13 bits per heavy atom. The van der Waals surface area contributed by atoms with Gasteiger partial charge in [-0.2, -0.15) is 0 Å².